The van der Waals surface area contributed by atoms with E-state index in [2.05, 4.69) is 26.1 Å². The highest BCUT2D eigenvalue weighted by atomic mass is 16.4. The number of aliphatic hydroxyl groups excluding tert-OH is 2. The lowest BCUT2D eigenvalue weighted by Crippen LogP contribution is -2.58. The van der Waals surface area contributed by atoms with Crippen LogP contribution < -0.4 is 5.32 Å². The molecular formula is C31H45NO6. The summed E-state index contributed by atoms with van der Waals surface area (Å²) >= 11 is 0. The predicted molar refractivity (Wildman–Crippen MR) is 145 cm³/mol. The number of fused-ring (bicyclic) bond motifs is 5. The second kappa shape index (κ2) is 10.1. The van der Waals surface area contributed by atoms with Gasteiger partial charge in [-0.05, 0) is 122 Å². The van der Waals surface area contributed by atoms with E-state index in [-0.39, 0.29) is 40.3 Å². The highest BCUT2D eigenvalue weighted by Crippen LogP contribution is 2.68. The van der Waals surface area contributed by atoms with Crippen molar-refractivity contribution in [1.82, 2.24) is 0 Å². The topological polar surface area (TPSA) is 127 Å². The third kappa shape index (κ3) is 4.64. The summed E-state index contributed by atoms with van der Waals surface area (Å²) in [6.45, 7) is 7.15. The molecule has 0 bridgehead atoms. The summed E-state index contributed by atoms with van der Waals surface area (Å²) in [5, 5.41) is 43.4. The molecule has 4 fully saturated rings. The number of carboxylic acid groups (broad SMARTS) is 1. The standard InChI is InChI=1S/C31H45NO6/c1-17(4-9-27(36)32-19-5-8-25(34)21(16-19)29(37)38)22-6-7-23-28-24(11-13-31(22,23)3)30(2)12-10-20(33)14-18(30)15-26(28)35/h5,8,16-18,20,22-24,26,28,33-35H,4,6-7,9-15H2,1-3H3,(H,32,36)(H,37,38)/t17-,18?,20-,22-,23+,24+,26+,28+,30+,31-/m1/s1. The van der Waals surface area contributed by atoms with Gasteiger partial charge in [-0.25, -0.2) is 4.79 Å². The largest absolute Gasteiger partial charge is 0.507 e. The summed E-state index contributed by atoms with van der Waals surface area (Å²) in [7, 11) is 0. The van der Waals surface area contributed by atoms with Gasteiger partial charge < -0.3 is 25.7 Å². The second-order valence-corrected chi connectivity index (χ2v) is 13.6. The quantitative estimate of drug-likeness (QED) is 0.314. The molecule has 210 valence electrons. The molecule has 4 aliphatic carbocycles. The molecule has 0 aromatic heterocycles. The molecule has 1 aromatic rings. The maximum atomic E-state index is 12.7. The number of nitrogens with one attached hydrogen (secondary N) is 1. The van der Waals surface area contributed by atoms with Gasteiger partial charge in [0.25, 0.3) is 0 Å². The zero-order valence-corrected chi connectivity index (χ0v) is 23.0. The van der Waals surface area contributed by atoms with Gasteiger partial charge in [-0.3, -0.25) is 4.79 Å². The first-order chi connectivity index (χ1) is 17.9. The maximum Gasteiger partial charge on any atom is 0.339 e. The number of hydrogen-bond donors (Lipinski definition) is 5. The number of hydrogen-bond acceptors (Lipinski definition) is 5. The van der Waals surface area contributed by atoms with Crippen LogP contribution in [-0.4, -0.2) is 44.5 Å². The molecule has 0 radical (unpaired) electrons. The van der Waals surface area contributed by atoms with E-state index < -0.39 is 5.97 Å². The summed E-state index contributed by atoms with van der Waals surface area (Å²) in [4.78, 5) is 24.0. The second-order valence-electron chi connectivity index (χ2n) is 13.6. The fourth-order valence-corrected chi connectivity index (χ4v) is 9.74. The van der Waals surface area contributed by atoms with Crippen molar-refractivity contribution in [3.8, 4) is 5.75 Å². The first-order valence-corrected chi connectivity index (χ1v) is 14.7. The summed E-state index contributed by atoms with van der Waals surface area (Å²) in [5.74, 6) is 0.969. The molecule has 1 aromatic carbocycles. The van der Waals surface area contributed by atoms with Crippen LogP contribution in [-0.2, 0) is 4.79 Å². The monoisotopic (exact) mass is 527 g/mol. The van der Waals surface area contributed by atoms with Crippen LogP contribution in [0.4, 0.5) is 5.69 Å². The van der Waals surface area contributed by atoms with E-state index in [1.165, 1.54) is 24.6 Å². The first-order valence-electron chi connectivity index (χ1n) is 14.7. The Balaban J connectivity index is 1.23. The van der Waals surface area contributed by atoms with Gasteiger partial charge in [0.2, 0.25) is 5.91 Å². The number of aliphatic hydroxyl groups is 2. The zero-order chi connectivity index (χ0) is 27.4. The number of aromatic hydroxyl groups is 1. The van der Waals surface area contributed by atoms with Crippen molar-refractivity contribution in [3.05, 3.63) is 23.8 Å². The fourth-order valence-electron chi connectivity index (χ4n) is 9.74. The SMILES string of the molecule is C[C@H](CCC(=O)Nc1ccc(O)c(C(=O)O)c1)[C@H]1CC[C@H]2[C@@H]3[C@@H](O)CC4C[C@H](O)CC[C@]4(C)[C@H]3CC[C@]12C. The summed E-state index contributed by atoms with van der Waals surface area (Å²) < 4.78 is 0. The number of aromatic carboxylic acids is 1. The minimum Gasteiger partial charge on any atom is -0.507 e. The molecule has 1 amide bonds. The van der Waals surface area contributed by atoms with Crippen molar-refractivity contribution in [2.75, 3.05) is 5.32 Å². The Hall–Kier alpha value is -2.12. The van der Waals surface area contributed by atoms with E-state index in [0.717, 1.165) is 51.4 Å². The summed E-state index contributed by atoms with van der Waals surface area (Å²) in [6, 6.07) is 4.08. The Bertz CT molecular complexity index is 1070. The first kappa shape index (κ1) is 27.4. The predicted octanol–water partition coefficient (Wildman–Crippen LogP) is 5.44. The minimum atomic E-state index is -1.24. The number of carbonyl (C=O) groups excluding carboxylic acids is 1. The van der Waals surface area contributed by atoms with E-state index in [4.69, 9.17) is 0 Å². The fraction of sp³-hybridized carbons (Fsp3) is 0.742. The van der Waals surface area contributed by atoms with Gasteiger partial charge in [-0.2, -0.15) is 0 Å². The number of anilines is 1. The molecule has 4 aliphatic rings. The van der Waals surface area contributed by atoms with Crippen molar-refractivity contribution in [2.45, 2.75) is 97.2 Å². The maximum absolute atomic E-state index is 12.7. The number of amides is 1. The molecule has 38 heavy (non-hydrogen) atoms. The molecule has 4 saturated carbocycles. The van der Waals surface area contributed by atoms with Gasteiger partial charge in [0.1, 0.15) is 11.3 Å². The van der Waals surface area contributed by atoms with Crippen LogP contribution in [0.3, 0.4) is 0 Å². The van der Waals surface area contributed by atoms with Crippen LogP contribution in [0.5, 0.6) is 5.75 Å². The van der Waals surface area contributed by atoms with Gasteiger partial charge in [0.05, 0.1) is 12.2 Å². The van der Waals surface area contributed by atoms with Crippen LogP contribution in [0.1, 0.15) is 95.3 Å². The van der Waals surface area contributed by atoms with E-state index >= 15 is 0 Å². The van der Waals surface area contributed by atoms with Crippen molar-refractivity contribution in [2.24, 2.45) is 46.3 Å². The van der Waals surface area contributed by atoms with Gasteiger partial charge >= 0.3 is 5.97 Å². The highest BCUT2D eigenvalue weighted by molar-refractivity contribution is 5.95. The van der Waals surface area contributed by atoms with E-state index in [0.29, 0.717) is 47.6 Å². The van der Waals surface area contributed by atoms with Crippen LogP contribution in [0.25, 0.3) is 0 Å². The van der Waals surface area contributed by atoms with E-state index in [1.807, 2.05) is 0 Å². The van der Waals surface area contributed by atoms with Crippen LogP contribution in [0.15, 0.2) is 18.2 Å². The summed E-state index contributed by atoms with van der Waals surface area (Å²) in [5.41, 5.74) is 0.535. The minimum absolute atomic E-state index is 0.150. The molecule has 10 atom stereocenters. The van der Waals surface area contributed by atoms with E-state index in [1.54, 1.807) is 0 Å². The third-order valence-electron chi connectivity index (χ3n) is 11.8. The molecule has 0 heterocycles. The molecule has 5 rings (SSSR count). The molecule has 0 aliphatic heterocycles. The smallest absolute Gasteiger partial charge is 0.339 e. The van der Waals surface area contributed by atoms with Crippen molar-refractivity contribution in [3.63, 3.8) is 0 Å². The zero-order valence-electron chi connectivity index (χ0n) is 23.0. The average Bonchev–Trinajstić information content (AvgIpc) is 3.22. The Labute approximate surface area is 226 Å². The lowest BCUT2D eigenvalue weighted by Gasteiger charge is -2.62. The number of carboxylic acids is 1. The number of carbonyl (C=O) groups is 2. The van der Waals surface area contributed by atoms with Gasteiger partial charge in [-0.1, -0.05) is 20.8 Å². The summed E-state index contributed by atoms with van der Waals surface area (Å²) in [6.07, 6.45) is 8.83. The van der Waals surface area contributed by atoms with Gasteiger partial charge in [0, 0.05) is 12.1 Å². The van der Waals surface area contributed by atoms with Crippen LogP contribution in [0, 0.1) is 46.3 Å². The Morgan fingerprint density at radius 3 is 2.47 bits per heavy atom. The highest BCUT2D eigenvalue weighted by Gasteiger charge is 2.62. The molecule has 7 nitrogen and oxygen atoms in total. The van der Waals surface area contributed by atoms with Crippen LogP contribution in [0.2, 0.25) is 0 Å². The lowest BCUT2D eigenvalue weighted by atomic mass is 9.43. The van der Waals surface area contributed by atoms with Crippen LogP contribution >= 0.6 is 0 Å². The van der Waals surface area contributed by atoms with E-state index in [9.17, 15) is 30.0 Å². The van der Waals surface area contributed by atoms with Crippen molar-refractivity contribution >= 4 is 17.6 Å². The number of benzene rings is 1. The normalized spacial score (nSPS) is 40.9. The number of rotatable bonds is 6. The molecule has 7 heteroatoms. The molecule has 0 spiro atoms. The molecular weight excluding hydrogens is 482 g/mol. The van der Waals surface area contributed by atoms with Gasteiger partial charge in [-0.15, -0.1) is 0 Å². The molecule has 1 unspecified atom stereocenters. The molecule has 5 N–H and O–H groups in total. The number of phenols is 1. The average molecular weight is 528 g/mol. The lowest BCUT2D eigenvalue weighted by molar-refractivity contribution is -0.174. The Morgan fingerprint density at radius 2 is 1.74 bits per heavy atom. The Morgan fingerprint density at radius 1 is 1.03 bits per heavy atom. The Kier molecular flexibility index (Phi) is 7.31. The molecule has 0 saturated heterocycles. The van der Waals surface area contributed by atoms with Crippen molar-refractivity contribution in [1.29, 1.82) is 0 Å². The van der Waals surface area contributed by atoms with Gasteiger partial charge in [0.15, 0.2) is 0 Å². The third-order valence-corrected chi connectivity index (χ3v) is 11.8. The van der Waals surface area contributed by atoms with Crippen molar-refractivity contribution < 1.29 is 30.0 Å².